The first-order chi connectivity index (χ1) is 13.2. The van der Waals surface area contributed by atoms with E-state index in [2.05, 4.69) is 20.8 Å². The minimum Gasteiger partial charge on any atom is -0.371 e. The molecule has 0 spiro atoms. The molecule has 8 heteroatoms. The van der Waals surface area contributed by atoms with Crippen LogP contribution in [-0.2, 0) is 4.74 Å². The molecule has 27 heavy (non-hydrogen) atoms. The Balaban J connectivity index is 1.43. The molecule has 1 saturated heterocycles. The smallest absolute Gasteiger partial charge is 0.277 e. The van der Waals surface area contributed by atoms with E-state index in [0.29, 0.717) is 18.0 Å². The van der Waals surface area contributed by atoms with Crippen molar-refractivity contribution in [1.29, 1.82) is 0 Å². The number of morpholine rings is 1. The van der Waals surface area contributed by atoms with Crippen LogP contribution in [0.15, 0.2) is 54.7 Å². The lowest BCUT2D eigenvalue weighted by atomic mass is 10.1. The number of hydrogen-bond acceptors (Lipinski definition) is 5. The van der Waals surface area contributed by atoms with Crippen molar-refractivity contribution in [3.05, 3.63) is 71.8 Å². The summed E-state index contributed by atoms with van der Waals surface area (Å²) in [7, 11) is 0. The van der Waals surface area contributed by atoms with Gasteiger partial charge in [0.05, 0.1) is 24.6 Å². The number of amides is 1. The van der Waals surface area contributed by atoms with Crippen LogP contribution in [0.5, 0.6) is 0 Å². The predicted octanol–water partition coefficient (Wildman–Crippen LogP) is 2.32. The second-order valence-corrected chi connectivity index (χ2v) is 6.14. The van der Waals surface area contributed by atoms with E-state index >= 15 is 0 Å². The van der Waals surface area contributed by atoms with Gasteiger partial charge in [-0.2, -0.15) is 9.90 Å². The zero-order valence-corrected chi connectivity index (χ0v) is 14.4. The van der Waals surface area contributed by atoms with Gasteiger partial charge in [-0.3, -0.25) is 4.79 Å². The van der Waals surface area contributed by atoms with E-state index < -0.39 is 5.82 Å². The first-order valence-electron chi connectivity index (χ1n) is 8.61. The van der Waals surface area contributed by atoms with Gasteiger partial charge in [-0.25, -0.2) is 4.39 Å². The van der Waals surface area contributed by atoms with Gasteiger partial charge >= 0.3 is 0 Å². The summed E-state index contributed by atoms with van der Waals surface area (Å²) in [5.74, 6) is -0.783. The van der Waals surface area contributed by atoms with Gasteiger partial charge < -0.3 is 15.4 Å². The summed E-state index contributed by atoms with van der Waals surface area (Å²) in [6, 6.07) is 13.3. The highest BCUT2D eigenvalue weighted by Crippen LogP contribution is 2.21. The summed E-state index contributed by atoms with van der Waals surface area (Å²) < 4.78 is 19.0. The molecular weight excluding hydrogens is 349 g/mol. The highest BCUT2D eigenvalue weighted by atomic mass is 19.1. The third-order valence-corrected chi connectivity index (χ3v) is 4.23. The Morgan fingerprint density at radius 2 is 2.11 bits per heavy atom. The number of ether oxygens (including phenoxy) is 1. The molecule has 0 bridgehead atoms. The number of nitrogens with one attached hydrogen (secondary N) is 2. The lowest BCUT2D eigenvalue weighted by Crippen LogP contribution is -2.33. The van der Waals surface area contributed by atoms with Crippen molar-refractivity contribution in [3.63, 3.8) is 0 Å². The van der Waals surface area contributed by atoms with Gasteiger partial charge in [0.1, 0.15) is 5.82 Å². The lowest BCUT2D eigenvalue weighted by Gasteiger charge is -2.24. The maximum absolute atomic E-state index is 13.3. The van der Waals surface area contributed by atoms with Crippen LogP contribution in [0.3, 0.4) is 0 Å². The van der Waals surface area contributed by atoms with Crippen LogP contribution in [0.2, 0.25) is 0 Å². The van der Waals surface area contributed by atoms with Crippen molar-refractivity contribution in [1.82, 2.24) is 20.3 Å². The highest BCUT2D eigenvalue weighted by molar-refractivity contribution is 6.02. The minimum absolute atomic E-state index is 0.0228. The number of nitrogens with zero attached hydrogens (tertiary/aromatic N) is 3. The van der Waals surface area contributed by atoms with Gasteiger partial charge in [0.15, 0.2) is 5.69 Å². The Morgan fingerprint density at radius 1 is 1.26 bits per heavy atom. The predicted molar refractivity (Wildman–Crippen MR) is 97.3 cm³/mol. The Morgan fingerprint density at radius 3 is 2.85 bits per heavy atom. The van der Waals surface area contributed by atoms with Gasteiger partial charge in [-0.15, -0.1) is 5.10 Å². The van der Waals surface area contributed by atoms with Gasteiger partial charge in [-0.05, 0) is 29.8 Å². The second kappa shape index (κ2) is 7.65. The van der Waals surface area contributed by atoms with Crippen LogP contribution < -0.4 is 10.6 Å². The fraction of sp³-hybridized carbons (Fsp3) is 0.211. The molecule has 1 amide bonds. The molecule has 7 nitrogen and oxygen atoms in total. The van der Waals surface area contributed by atoms with Crippen molar-refractivity contribution < 1.29 is 13.9 Å². The van der Waals surface area contributed by atoms with Gasteiger partial charge in [0.25, 0.3) is 5.91 Å². The number of carbonyl (C=O) groups is 1. The molecule has 2 N–H and O–H groups in total. The van der Waals surface area contributed by atoms with Crippen LogP contribution in [0, 0.1) is 5.82 Å². The number of aromatic nitrogens is 3. The van der Waals surface area contributed by atoms with E-state index in [1.807, 2.05) is 24.3 Å². The van der Waals surface area contributed by atoms with E-state index in [4.69, 9.17) is 4.74 Å². The maximum atomic E-state index is 13.3. The monoisotopic (exact) mass is 367 g/mol. The Bertz CT molecular complexity index is 935. The van der Waals surface area contributed by atoms with Crippen LogP contribution in [0.1, 0.15) is 22.2 Å². The number of benzene rings is 2. The normalized spacial score (nSPS) is 16.9. The number of anilines is 1. The van der Waals surface area contributed by atoms with Gasteiger partial charge in [0.2, 0.25) is 0 Å². The number of hydrogen-bond donors (Lipinski definition) is 2. The summed E-state index contributed by atoms with van der Waals surface area (Å²) in [5, 5.41) is 14.2. The fourth-order valence-electron chi connectivity index (χ4n) is 2.85. The third kappa shape index (κ3) is 4.02. The quantitative estimate of drug-likeness (QED) is 0.740. The third-order valence-electron chi connectivity index (χ3n) is 4.23. The molecule has 4 rings (SSSR count). The molecule has 3 aromatic rings. The Hall–Kier alpha value is -3.10. The zero-order valence-electron chi connectivity index (χ0n) is 14.4. The molecular formula is C19H18FN5O2. The van der Waals surface area contributed by atoms with E-state index in [1.54, 1.807) is 12.1 Å². The molecule has 0 aliphatic carbocycles. The first-order valence-corrected chi connectivity index (χ1v) is 8.61. The maximum Gasteiger partial charge on any atom is 0.277 e. The van der Waals surface area contributed by atoms with E-state index in [9.17, 15) is 9.18 Å². The average Bonchev–Trinajstić information content (AvgIpc) is 3.20. The Labute approximate surface area is 155 Å². The molecule has 1 atom stereocenters. The molecule has 1 fully saturated rings. The SMILES string of the molecule is O=C(Nc1ccc([C@H]2CNCCO2)cc1)c1cnn(-c2cccc(F)c2)n1. The molecule has 0 saturated carbocycles. The minimum atomic E-state index is -0.395. The molecule has 138 valence electrons. The zero-order chi connectivity index (χ0) is 18.6. The summed E-state index contributed by atoms with van der Waals surface area (Å²) in [6.45, 7) is 2.32. The molecule has 2 heterocycles. The summed E-state index contributed by atoms with van der Waals surface area (Å²) in [5.41, 5.74) is 2.28. The topological polar surface area (TPSA) is 81.1 Å². The van der Waals surface area contributed by atoms with Crippen LogP contribution in [0.25, 0.3) is 5.69 Å². The summed E-state index contributed by atoms with van der Waals surface area (Å²) >= 11 is 0. The van der Waals surface area contributed by atoms with Crippen molar-refractivity contribution >= 4 is 11.6 Å². The average molecular weight is 367 g/mol. The standard InChI is InChI=1S/C19H18FN5O2/c20-14-2-1-3-16(10-14)25-22-11-17(24-25)19(26)23-15-6-4-13(5-7-15)18-12-21-8-9-27-18/h1-7,10-11,18,21H,8-9,12H2,(H,23,26)/t18-/m1/s1. The number of rotatable bonds is 4. The molecule has 0 radical (unpaired) electrons. The lowest BCUT2D eigenvalue weighted by molar-refractivity contribution is 0.0277. The van der Waals surface area contributed by atoms with Crippen LogP contribution in [0.4, 0.5) is 10.1 Å². The second-order valence-electron chi connectivity index (χ2n) is 6.14. The van der Waals surface area contributed by atoms with Crippen LogP contribution in [-0.4, -0.2) is 40.6 Å². The van der Waals surface area contributed by atoms with Crippen molar-refractivity contribution in [2.24, 2.45) is 0 Å². The largest absolute Gasteiger partial charge is 0.371 e. The molecule has 1 aromatic heterocycles. The highest BCUT2D eigenvalue weighted by Gasteiger charge is 2.16. The van der Waals surface area contributed by atoms with Gasteiger partial charge in [0, 0.05) is 24.8 Å². The first kappa shape index (κ1) is 17.3. The van der Waals surface area contributed by atoms with E-state index in [0.717, 1.165) is 18.7 Å². The van der Waals surface area contributed by atoms with E-state index in [-0.39, 0.29) is 17.7 Å². The molecule has 1 aliphatic heterocycles. The summed E-state index contributed by atoms with van der Waals surface area (Å²) in [6.07, 6.45) is 1.37. The Kier molecular flexibility index (Phi) is 4.91. The number of halogens is 1. The van der Waals surface area contributed by atoms with Crippen molar-refractivity contribution in [3.8, 4) is 5.69 Å². The van der Waals surface area contributed by atoms with Crippen molar-refractivity contribution in [2.45, 2.75) is 6.10 Å². The molecule has 1 aliphatic rings. The van der Waals surface area contributed by atoms with E-state index in [1.165, 1.54) is 23.1 Å². The van der Waals surface area contributed by atoms with Crippen LogP contribution >= 0.6 is 0 Å². The molecule has 2 aromatic carbocycles. The fourth-order valence-corrected chi connectivity index (χ4v) is 2.85. The van der Waals surface area contributed by atoms with Gasteiger partial charge in [-0.1, -0.05) is 18.2 Å². The molecule has 0 unspecified atom stereocenters. The number of carbonyl (C=O) groups excluding carboxylic acids is 1. The summed E-state index contributed by atoms with van der Waals surface area (Å²) in [4.78, 5) is 13.6. The van der Waals surface area contributed by atoms with Crippen molar-refractivity contribution in [2.75, 3.05) is 25.0 Å².